The first-order valence-corrected chi connectivity index (χ1v) is 9.37. The number of hydrogen-bond acceptors (Lipinski definition) is 8. The van der Waals surface area contributed by atoms with Gasteiger partial charge < -0.3 is 18.9 Å². The van der Waals surface area contributed by atoms with Crippen LogP contribution in [-0.4, -0.2) is 47.9 Å². The molecule has 8 nitrogen and oxygen atoms in total. The Morgan fingerprint density at radius 3 is 3.07 bits per heavy atom. The molecule has 0 N–H and O–H groups in total. The normalized spacial score (nSPS) is 16.9. The maximum atomic E-state index is 12.2. The Hall–Kier alpha value is -3.16. The molecule has 0 amide bonds. The summed E-state index contributed by atoms with van der Waals surface area (Å²) in [5.41, 5.74) is 1.93. The van der Waals surface area contributed by atoms with Crippen LogP contribution in [0.15, 0.2) is 35.1 Å². The number of methoxy groups -OCH3 is 1. The van der Waals surface area contributed by atoms with Crippen molar-refractivity contribution < 1.29 is 18.8 Å². The number of aromatic nitrogens is 3. The molecule has 0 aliphatic carbocycles. The molecule has 3 heterocycles. The smallest absolute Gasteiger partial charge is 0.310 e. The van der Waals surface area contributed by atoms with Crippen LogP contribution in [0.4, 0.5) is 5.82 Å². The van der Waals surface area contributed by atoms with Crippen molar-refractivity contribution in [2.24, 2.45) is 5.92 Å². The Morgan fingerprint density at radius 2 is 2.25 bits per heavy atom. The Balaban J connectivity index is 1.73. The molecule has 0 bridgehead atoms. The second-order valence-electron chi connectivity index (χ2n) is 6.68. The van der Waals surface area contributed by atoms with E-state index < -0.39 is 0 Å². The topological polar surface area (TPSA) is 90.6 Å². The lowest BCUT2D eigenvalue weighted by atomic mass is 9.98. The summed E-state index contributed by atoms with van der Waals surface area (Å²) in [6.07, 6.45) is 3.16. The molecule has 4 rings (SSSR count). The van der Waals surface area contributed by atoms with Gasteiger partial charge in [-0.3, -0.25) is 4.79 Å². The van der Waals surface area contributed by atoms with Crippen molar-refractivity contribution >= 4 is 22.9 Å². The highest BCUT2D eigenvalue weighted by Crippen LogP contribution is 2.35. The molecule has 3 aromatic rings. The lowest BCUT2D eigenvalue weighted by molar-refractivity contribution is -0.148. The molecular weight excluding hydrogens is 360 g/mol. The second-order valence-corrected chi connectivity index (χ2v) is 6.68. The van der Waals surface area contributed by atoms with Crippen LogP contribution in [0.25, 0.3) is 22.4 Å². The highest BCUT2D eigenvalue weighted by molar-refractivity contribution is 5.98. The van der Waals surface area contributed by atoms with Gasteiger partial charge in [-0.05, 0) is 31.9 Å². The fourth-order valence-electron chi connectivity index (χ4n) is 3.60. The molecule has 1 aliphatic heterocycles. The van der Waals surface area contributed by atoms with Crippen molar-refractivity contribution in [3.8, 4) is 17.0 Å². The molecule has 2 aromatic heterocycles. The third-order valence-corrected chi connectivity index (χ3v) is 4.94. The number of carbonyl (C=O) groups excluding carboxylic acids is 1. The van der Waals surface area contributed by atoms with Crippen molar-refractivity contribution in [2.45, 2.75) is 19.8 Å². The van der Waals surface area contributed by atoms with E-state index in [-0.39, 0.29) is 11.9 Å². The Kier molecular flexibility index (Phi) is 5.10. The van der Waals surface area contributed by atoms with Crippen molar-refractivity contribution in [1.82, 2.24) is 15.1 Å². The second kappa shape index (κ2) is 7.84. The van der Waals surface area contributed by atoms with E-state index in [4.69, 9.17) is 14.0 Å². The zero-order valence-electron chi connectivity index (χ0n) is 15.9. The number of nitrogens with zero attached hydrogens (tertiary/aromatic N) is 4. The monoisotopic (exact) mass is 382 g/mol. The fourth-order valence-corrected chi connectivity index (χ4v) is 3.60. The first kappa shape index (κ1) is 18.2. The lowest BCUT2D eigenvalue weighted by Gasteiger charge is -2.32. The molecule has 8 heteroatoms. The fraction of sp³-hybridized carbons (Fsp3) is 0.400. The van der Waals surface area contributed by atoms with E-state index >= 15 is 0 Å². The Labute approximate surface area is 162 Å². The van der Waals surface area contributed by atoms with Crippen LogP contribution in [0.2, 0.25) is 0 Å². The molecule has 1 saturated heterocycles. The SMILES string of the molecule is CCOC(=O)C1CCCN(c2ncnc3onc(-c4cccc(OC)c4)c23)C1. The van der Waals surface area contributed by atoms with Gasteiger partial charge in [-0.15, -0.1) is 0 Å². The van der Waals surface area contributed by atoms with Crippen LogP contribution in [0.5, 0.6) is 5.75 Å². The van der Waals surface area contributed by atoms with E-state index in [9.17, 15) is 4.79 Å². The van der Waals surface area contributed by atoms with E-state index in [0.29, 0.717) is 24.6 Å². The van der Waals surface area contributed by atoms with Gasteiger partial charge in [0, 0.05) is 18.7 Å². The summed E-state index contributed by atoms with van der Waals surface area (Å²) in [7, 11) is 1.62. The number of carbonyl (C=O) groups is 1. The van der Waals surface area contributed by atoms with Crippen LogP contribution < -0.4 is 9.64 Å². The van der Waals surface area contributed by atoms with E-state index in [1.807, 2.05) is 31.2 Å². The number of benzene rings is 1. The maximum absolute atomic E-state index is 12.2. The first-order chi connectivity index (χ1) is 13.7. The van der Waals surface area contributed by atoms with Crippen molar-refractivity contribution in [3.05, 3.63) is 30.6 Å². The molecule has 0 spiro atoms. The lowest BCUT2D eigenvalue weighted by Crippen LogP contribution is -2.40. The first-order valence-electron chi connectivity index (χ1n) is 9.37. The van der Waals surface area contributed by atoms with Crippen molar-refractivity contribution in [3.63, 3.8) is 0 Å². The molecule has 1 atom stereocenters. The average Bonchev–Trinajstić information content (AvgIpc) is 3.18. The summed E-state index contributed by atoms with van der Waals surface area (Å²) in [6, 6.07) is 7.60. The highest BCUT2D eigenvalue weighted by Gasteiger charge is 2.30. The molecule has 0 radical (unpaired) electrons. The third-order valence-electron chi connectivity index (χ3n) is 4.94. The number of anilines is 1. The number of ether oxygens (including phenoxy) is 2. The van der Waals surface area contributed by atoms with Crippen LogP contribution in [0.3, 0.4) is 0 Å². The molecule has 1 fully saturated rings. The highest BCUT2D eigenvalue weighted by atomic mass is 16.5. The van der Waals surface area contributed by atoms with Gasteiger partial charge in [0.1, 0.15) is 29.0 Å². The number of hydrogen-bond donors (Lipinski definition) is 0. The molecule has 28 heavy (non-hydrogen) atoms. The van der Waals surface area contributed by atoms with Gasteiger partial charge in [0.2, 0.25) is 0 Å². The van der Waals surface area contributed by atoms with Gasteiger partial charge in [0.05, 0.1) is 19.6 Å². The summed E-state index contributed by atoms with van der Waals surface area (Å²) < 4.78 is 16.0. The quantitative estimate of drug-likeness (QED) is 0.622. The summed E-state index contributed by atoms with van der Waals surface area (Å²) in [5, 5.41) is 4.97. The number of esters is 1. The van der Waals surface area contributed by atoms with Crippen LogP contribution in [-0.2, 0) is 9.53 Å². The van der Waals surface area contributed by atoms with E-state index in [1.54, 1.807) is 7.11 Å². The summed E-state index contributed by atoms with van der Waals surface area (Å²) >= 11 is 0. The van der Waals surface area contributed by atoms with Gasteiger partial charge in [0.25, 0.3) is 5.71 Å². The van der Waals surface area contributed by atoms with Gasteiger partial charge in [0.15, 0.2) is 0 Å². The van der Waals surface area contributed by atoms with Crippen molar-refractivity contribution in [1.29, 1.82) is 0 Å². The molecule has 1 unspecified atom stereocenters. The zero-order valence-corrected chi connectivity index (χ0v) is 15.9. The molecule has 1 aromatic carbocycles. The Morgan fingerprint density at radius 1 is 1.36 bits per heavy atom. The standard InChI is InChI=1S/C20H22N4O4/c1-3-27-20(25)14-7-5-9-24(11-14)18-16-17(23-28-19(16)22-12-21-18)13-6-4-8-15(10-13)26-2/h4,6,8,10,12,14H,3,5,7,9,11H2,1-2H3. The van der Waals surface area contributed by atoms with Crippen molar-refractivity contribution in [2.75, 3.05) is 31.7 Å². The van der Waals surface area contributed by atoms with Gasteiger partial charge in [-0.2, -0.15) is 4.98 Å². The number of rotatable bonds is 5. The van der Waals surface area contributed by atoms with Gasteiger partial charge in [-0.1, -0.05) is 17.3 Å². The Bertz CT molecular complexity index is 987. The summed E-state index contributed by atoms with van der Waals surface area (Å²) in [4.78, 5) is 23.0. The molecule has 146 valence electrons. The average molecular weight is 382 g/mol. The predicted molar refractivity (Wildman–Crippen MR) is 103 cm³/mol. The van der Waals surface area contributed by atoms with E-state index in [0.717, 1.165) is 41.9 Å². The predicted octanol–water partition coefficient (Wildman–Crippen LogP) is 3.07. The molecule has 1 aliphatic rings. The zero-order chi connectivity index (χ0) is 19.5. The summed E-state index contributed by atoms with van der Waals surface area (Å²) in [6.45, 7) is 3.56. The number of piperidine rings is 1. The largest absolute Gasteiger partial charge is 0.497 e. The van der Waals surface area contributed by atoms with Gasteiger partial charge >= 0.3 is 5.97 Å². The minimum atomic E-state index is -0.168. The molecular formula is C20H22N4O4. The minimum Gasteiger partial charge on any atom is -0.497 e. The van der Waals surface area contributed by atoms with Crippen LogP contribution >= 0.6 is 0 Å². The minimum absolute atomic E-state index is 0.157. The van der Waals surface area contributed by atoms with Crippen LogP contribution in [0.1, 0.15) is 19.8 Å². The van der Waals surface area contributed by atoms with E-state index in [2.05, 4.69) is 20.0 Å². The third kappa shape index (κ3) is 3.37. The van der Waals surface area contributed by atoms with Crippen LogP contribution in [0, 0.1) is 5.92 Å². The summed E-state index contributed by atoms with van der Waals surface area (Å²) in [5.74, 6) is 1.13. The molecule has 0 saturated carbocycles. The number of fused-ring (bicyclic) bond motifs is 1. The van der Waals surface area contributed by atoms with Gasteiger partial charge in [-0.25, -0.2) is 4.98 Å². The van der Waals surface area contributed by atoms with E-state index in [1.165, 1.54) is 6.33 Å². The maximum Gasteiger partial charge on any atom is 0.310 e.